The van der Waals surface area contributed by atoms with E-state index in [-0.39, 0.29) is 0 Å². The van der Waals surface area contributed by atoms with E-state index in [1.165, 1.54) is 12.0 Å². The summed E-state index contributed by atoms with van der Waals surface area (Å²) in [7, 11) is 3.95. The number of nitrogens with zero attached hydrogens (tertiary/aromatic N) is 3. The van der Waals surface area contributed by atoms with E-state index >= 15 is 0 Å². The predicted molar refractivity (Wildman–Crippen MR) is 81.9 cm³/mol. The average Bonchev–Trinajstić information content (AvgIpc) is 2.33. The third-order valence-corrected chi connectivity index (χ3v) is 3.28. The van der Waals surface area contributed by atoms with E-state index in [0.717, 1.165) is 36.8 Å². The van der Waals surface area contributed by atoms with Crippen molar-refractivity contribution in [1.82, 2.24) is 15.3 Å². The van der Waals surface area contributed by atoms with E-state index in [9.17, 15) is 0 Å². The van der Waals surface area contributed by atoms with Crippen LogP contribution in [0, 0.1) is 19.8 Å². The molecule has 0 fully saturated rings. The maximum atomic E-state index is 4.58. The second-order valence-electron chi connectivity index (χ2n) is 5.58. The molecule has 1 N–H and O–H groups in total. The van der Waals surface area contributed by atoms with Crippen molar-refractivity contribution in [3.63, 3.8) is 0 Å². The highest BCUT2D eigenvalue weighted by Crippen LogP contribution is 2.17. The number of hydrogen-bond acceptors (Lipinski definition) is 4. The van der Waals surface area contributed by atoms with Crippen molar-refractivity contribution in [3.8, 4) is 0 Å². The summed E-state index contributed by atoms with van der Waals surface area (Å²) in [6.45, 7) is 10.8. The van der Waals surface area contributed by atoms with Gasteiger partial charge in [-0.15, -0.1) is 0 Å². The molecule has 1 rings (SSSR count). The molecule has 0 saturated heterocycles. The lowest BCUT2D eigenvalue weighted by Gasteiger charge is -2.18. The lowest BCUT2D eigenvalue weighted by Crippen LogP contribution is -2.24. The summed E-state index contributed by atoms with van der Waals surface area (Å²) >= 11 is 0. The fourth-order valence-electron chi connectivity index (χ4n) is 2.16. The first-order valence-electron chi connectivity index (χ1n) is 7.17. The smallest absolute Gasteiger partial charge is 0.225 e. The van der Waals surface area contributed by atoms with Gasteiger partial charge in [-0.25, -0.2) is 9.97 Å². The molecule has 0 amide bonds. The molecule has 0 radical (unpaired) electrons. The Bertz CT molecular complexity index is 378. The van der Waals surface area contributed by atoms with E-state index in [1.54, 1.807) is 0 Å². The van der Waals surface area contributed by atoms with Gasteiger partial charge in [0.25, 0.3) is 0 Å². The van der Waals surface area contributed by atoms with Crippen LogP contribution >= 0.6 is 0 Å². The molecule has 0 aliphatic rings. The zero-order valence-corrected chi connectivity index (χ0v) is 13.2. The molecule has 108 valence electrons. The van der Waals surface area contributed by atoms with Crippen LogP contribution in [-0.4, -0.2) is 37.2 Å². The normalized spacial score (nSPS) is 12.5. The van der Waals surface area contributed by atoms with E-state index < -0.39 is 0 Å². The predicted octanol–water partition coefficient (Wildman–Crippen LogP) is 2.34. The summed E-state index contributed by atoms with van der Waals surface area (Å²) in [5.74, 6) is 1.41. The van der Waals surface area contributed by atoms with Gasteiger partial charge in [-0.1, -0.05) is 13.8 Å². The van der Waals surface area contributed by atoms with Gasteiger partial charge < -0.3 is 10.2 Å². The van der Waals surface area contributed by atoms with Crippen molar-refractivity contribution >= 4 is 5.95 Å². The Morgan fingerprint density at radius 2 is 1.74 bits per heavy atom. The van der Waals surface area contributed by atoms with Gasteiger partial charge in [0, 0.05) is 25.5 Å². The van der Waals surface area contributed by atoms with Gasteiger partial charge >= 0.3 is 0 Å². The van der Waals surface area contributed by atoms with Gasteiger partial charge in [0.05, 0.1) is 0 Å². The monoisotopic (exact) mass is 264 g/mol. The van der Waals surface area contributed by atoms with Crippen LogP contribution in [0.5, 0.6) is 0 Å². The molecule has 0 bridgehead atoms. The Kier molecular flexibility index (Phi) is 6.22. The first-order valence-corrected chi connectivity index (χ1v) is 7.17. The van der Waals surface area contributed by atoms with E-state index in [0.29, 0.717) is 5.92 Å². The Labute approximate surface area is 117 Å². The second kappa shape index (κ2) is 7.43. The molecule has 0 saturated carbocycles. The van der Waals surface area contributed by atoms with Gasteiger partial charge in [-0.2, -0.15) is 0 Å². The van der Waals surface area contributed by atoms with Crippen LogP contribution in [-0.2, 0) is 6.42 Å². The Morgan fingerprint density at radius 1 is 1.16 bits per heavy atom. The van der Waals surface area contributed by atoms with E-state index in [1.807, 2.05) is 19.0 Å². The van der Waals surface area contributed by atoms with Crippen LogP contribution in [0.2, 0.25) is 0 Å². The fourth-order valence-corrected chi connectivity index (χ4v) is 2.16. The summed E-state index contributed by atoms with van der Waals surface area (Å²) in [5.41, 5.74) is 3.52. The molecule has 0 aliphatic carbocycles. The minimum Gasteiger partial charge on any atom is -0.347 e. The third-order valence-electron chi connectivity index (χ3n) is 3.28. The van der Waals surface area contributed by atoms with Gasteiger partial charge in [0.2, 0.25) is 5.95 Å². The lowest BCUT2D eigenvalue weighted by molar-refractivity contribution is 0.507. The van der Waals surface area contributed by atoms with Gasteiger partial charge in [-0.3, -0.25) is 0 Å². The van der Waals surface area contributed by atoms with E-state index in [2.05, 4.69) is 43.0 Å². The number of aryl methyl sites for hydroxylation is 2. The summed E-state index contributed by atoms with van der Waals surface area (Å²) in [6, 6.07) is 0. The Morgan fingerprint density at radius 3 is 2.21 bits per heavy atom. The molecule has 0 aromatic carbocycles. The van der Waals surface area contributed by atoms with Crippen molar-refractivity contribution in [3.05, 3.63) is 17.0 Å². The second-order valence-corrected chi connectivity index (χ2v) is 5.58. The highest BCUT2D eigenvalue weighted by Gasteiger charge is 2.12. The minimum atomic E-state index is 0.609. The number of aromatic nitrogens is 2. The maximum absolute atomic E-state index is 4.58. The standard InChI is InChI=1S/C15H28N4/c1-7-8-16-10-11(2)9-14-12(3)17-15(19(5)6)18-13(14)4/h11,16H,7-10H2,1-6H3. The number of rotatable bonds is 7. The van der Waals surface area contributed by atoms with Gasteiger partial charge in [0.15, 0.2) is 0 Å². The molecule has 1 atom stereocenters. The molecule has 4 heteroatoms. The van der Waals surface area contributed by atoms with Gasteiger partial charge in [0.1, 0.15) is 0 Å². The first-order chi connectivity index (χ1) is 8.95. The highest BCUT2D eigenvalue weighted by molar-refractivity contribution is 5.35. The van der Waals surface area contributed by atoms with Crippen LogP contribution in [0.1, 0.15) is 37.2 Å². The number of anilines is 1. The molecule has 1 aromatic rings. The summed E-state index contributed by atoms with van der Waals surface area (Å²) < 4.78 is 0. The number of hydrogen-bond donors (Lipinski definition) is 1. The molecule has 0 aliphatic heterocycles. The molecule has 0 spiro atoms. The molecule has 1 unspecified atom stereocenters. The van der Waals surface area contributed by atoms with E-state index in [4.69, 9.17) is 0 Å². The average molecular weight is 264 g/mol. The zero-order chi connectivity index (χ0) is 14.4. The fraction of sp³-hybridized carbons (Fsp3) is 0.733. The van der Waals surface area contributed by atoms with Crippen LogP contribution in [0.4, 0.5) is 5.95 Å². The van der Waals surface area contributed by atoms with Crippen LogP contribution in [0.3, 0.4) is 0 Å². The van der Waals surface area contributed by atoms with Crippen LogP contribution < -0.4 is 10.2 Å². The highest BCUT2D eigenvalue weighted by atomic mass is 15.2. The molecule has 1 aromatic heterocycles. The van der Waals surface area contributed by atoms with Gasteiger partial charge in [-0.05, 0) is 51.3 Å². The number of nitrogens with one attached hydrogen (secondary N) is 1. The van der Waals surface area contributed by atoms with Crippen LogP contribution in [0.15, 0.2) is 0 Å². The minimum absolute atomic E-state index is 0.609. The van der Waals surface area contributed by atoms with Crippen molar-refractivity contribution in [2.75, 3.05) is 32.1 Å². The third kappa shape index (κ3) is 4.78. The zero-order valence-electron chi connectivity index (χ0n) is 13.2. The lowest BCUT2D eigenvalue weighted by atomic mass is 9.99. The summed E-state index contributed by atoms with van der Waals surface area (Å²) in [4.78, 5) is 11.1. The topological polar surface area (TPSA) is 41.1 Å². The van der Waals surface area contributed by atoms with Crippen LogP contribution in [0.25, 0.3) is 0 Å². The molecule has 4 nitrogen and oxygen atoms in total. The molecular formula is C15H28N4. The molecule has 1 heterocycles. The van der Waals surface area contributed by atoms with Crippen molar-refractivity contribution in [2.45, 2.75) is 40.5 Å². The molecular weight excluding hydrogens is 236 g/mol. The maximum Gasteiger partial charge on any atom is 0.225 e. The first kappa shape index (κ1) is 15.9. The van der Waals surface area contributed by atoms with Crippen molar-refractivity contribution in [2.24, 2.45) is 5.92 Å². The van der Waals surface area contributed by atoms with Crippen molar-refractivity contribution in [1.29, 1.82) is 0 Å². The SMILES string of the molecule is CCCNCC(C)Cc1c(C)nc(N(C)C)nc1C. The summed E-state index contributed by atoms with van der Waals surface area (Å²) in [5, 5.41) is 3.47. The molecule has 19 heavy (non-hydrogen) atoms. The van der Waals surface area contributed by atoms with Crippen molar-refractivity contribution < 1.29 is 0 Å². The largest absolute Gasteiger partial charge is 0.347 e. The summed E-state index contributed by atoms with van der Waals surface area (Å²) in [6.07, 6.45) is 2.23. The Balaban J connectivity index is 2.73. The quantitative estimate of drug-likeness (QED) is 0.768. The Hall–Kier alpha value is -1.16.